The molecule has 0 aliphatic rings. The van der Waals surface area contributed by atoms with Crippen molar-refractivity contribution in [3.63, 3.8) is 0 Å². The van der Waals surface area contributed by atoms with Crippen molar-refractivity contribution in [2.45, 2.75) is 39.8 Å². The summed E-state index contributed by atoms with van der Waals surface area (Å²) < 4.78 is 0. The lowest BCUT2D eigenvalue weighted by Crippen LogP contribution is -2.30. The summed E-state index contributed by atoms with van der Waals surface area (Å²) >= 11 is 0. The summed E-state index contributed by atoms with van der Waals surface area (Å²) in [5, 5.41) is 3.19. The molecule has 1 unspecified atom stereocenters. The SMILES string of the molecule is Cc1ccccc1C(CC(C)C)NC(=O)c1ccc(CN)cc1.Cl. The summed E-state index contributed by atoms with van der Waals surface area (Å²) in [6.45, 7) is 6.92. The van der Waals surface area contributed by atoms with E-state index in [9.17, 15) is 4.79 Å². The zero-order chi connectivity index (χ0) is 16.8. The first-order valence-electron chi connectivity index (χ1n) is 8.16. The maximum atomic E-state index is 12.6. The summed E-state index contributed by atoms with van der Waals surface area (Å²) in [4.78, 5) is 12.6. The molecule has 0 aliphatic heterocycles. The van der Waals surface area contributed by atoms with E-state index in [1.165, 1.54) is 11.1 Å². The van der Waals surface area contributed by atoms with E-state index >= 15 is 0 Å². The summed E-state index contributed by atoms with van der Waals surface area (Å²) in [5.74, 6) is 0.460. The van der Waals surface area contributed by atoms with Gasteiger partial charge in [-0.3, -0.25) is 4.79 Å². The Kier molecular flexibility index (Phi) is 7.96. The minimum Gasteiger partial charge on any atom is -0.345 e. The van der Waals surface area contributed by atoms with Crippen molar-refractivity contribution >= 4 is 18.3 Å². The van der Waals surface area contributed by atoms with E-state index in [1.54, 1.807) is 0 Å². The molecule has 0 bridgehead atoms. The fourth-order valence-corrected chi connectivity index (χ4v) is 2.75. The van der Waals surface area contributed by atoms with Crippen LogP contribution in [0.1, 0.15) is 53.4 Å². The van der Waals surface area contributed by atoms with Crippen LogP contribution < -0.4 is 11.1 Å². The lowest BCUT2D eigenvalue weighted by Gasteiger charge is -2.23. The molecule has 0 saturated heterocycles. The molecule has 24 heavy (non-hydrogen) atoms. The highest BCUT2D eigenvalue weighted by molar-refractivity contribution is 5.94. The number of rotatable bonds is 6. The van der Waals surface area contributed by atoms with Gasteiger partial charge < -0.3 is 11.1 Å². The lowest BCUT2D eigenvalue weighted by molar-refractivity contribution is 0.0932. The average Bonchev–Trinajstić information content (AvgIpc) is 2.54. The first kappa shape index (κ1) is 20.2. The van der Waals surface area contributed by atoms with E-state index in [-0.39, 0.29) is 24.4 Å². The molecule has 1 amide bonds. The lowest BCUT2D eigenvalue weighted by atomic mass is 9.93. The number of hydrogen-bond donors (Lipinski definition) is 2. The molecule has 2 rings (SSSR count). The van der Waals surface area contributed by atoms with Gasteiger partial charge in [-0.25, -0.2) is 0 Å². The number of nitrogens with two attached hydrogens (primary N) is 1. The third-order valence-electron chi connectivity index (χ3n) is 4.03. The topological polar surface area (TPSA) is 55.1 Å². The maximum absolute atomic E-state index is 12.6. The molecule has 0 saturated carbocycles. The zero-order valence-electron chi connectivity index (χ0n) is 14.6. The molecule has 0 aliphatic carbocycles. The molecule has 3 nitrogen and oxygen atoms in total. The number of carbonyl (C=O) groups is 1. The Hall–Kier alpha value is -1.84. The van der Waals surface area contributed by atoms with Crippen molar-refractivity contribution in [3.8, 4) is 0 Å². The van der Waals surface area contributed by atoms with Crippen LogP contribution in [0.3, 0.4) is 0 Å². The highest BCUT2D eigenvalue weighted by atomic mass is 35.5. The molecule has 0 heterocycles. The standard InChI is InChI=1S/C20H26N2O.ClH/c1-14(2)12-19(18-7-5-4-6-15(18)3)22-20(23)17-10-8-16(13-21)9-11-17;/h4-11,14,19H,12-13,21H2,1-3H3,(H,22,23);1H. The Balaban J connectivity index is 0.00000288. The van der Waals surface area contributed by atoms with Gasteiger partial charge in [0.1, 0.15) is 0 Å². The van der Waals surface area contributed by atoms with Crippen LogP contribution in [0.5, 0.6) is 0 Å². The van der Waals surface area contributed by atoms with Gasteiger partial charge in [-0.15, -0.1) is 12.4 Å². The van der Waals surface area contributed by atoms with Gasteiger partial charge in [-0.2, -0.15) is 0 Å². The van der Waals surface area contributed by atoms with Gasteiger partial charge in [0.25, 0.3) is 5.91 Å². The normalized spacial score (nSPS) is 11.7. The molecule has 0 spiro atoms. The third-order valence-corrected chi connectivity index (χ3v) is 4.03. The minimum absolute atomic E-state index is 0. The molecule has 130 valence electrons. The van der Waals surface area contributed by atoms with Crippen molar-refractivity contribution < 1.29 is 4.79 Å². The molecular formula is C20H27ClN2O. The number of hydrogen-bond acceptors (Lipinski definition) is 2. The summed E-state index contributed by atoms with van der Waals surface area (Å²) in [5.41, 5.74) is 9.70. The van der Waals surface area contributed by atoms with E-state index in [0.717, 1.165) is 12.0 Å². The second kappa shape index (κ2) is 9.45. The highest BCUT2D eigenvalue weighted by Gasteiger charge is 2.18. The van der Waals surface area contributed by atoms with E-state index in [4.69, 9.17) is 5.73 Å². The van der Waals surface area contributed by atoms with Crippen LogP contribution in [0.2, 0.25) is 0 Å². The van der Waals surface area contributed by atoms with Gasteiger partial charge in [-0.1, -0.05) is 50.2 Å². The van der Waals surface area contributed by atoms with Gasteiger partial charge in [0.15, 0.2) is 0 Å². The van der Waals surface area contributed by atoms with Crippen LogP contribution in [0, 0.1) is 12.8 Å². The molecule has 0 fully saturated rings. The van der Waals surface area contributed by atoms with Gasteiger partial charge in [0.2, 0.25) is 0 Å². The fourth-order valence-electron chi connectivity index (χ4n) is 2.75. The molecule has 0 aromatic heterocycles. The monoisotopic (exact) mass is 346 g/mol. The summed E-state index contributed by atoms with van der Waals surface area (Å²) in [6.07, 6.45) is 0.914. The van der Waals surface area contributed by atoms with Crippen LogP contribution in [-0.2, 0) is 6.54 Å². The van der Waals surface area contributed by atoms with E-state index in [0.29, 0.717) is 18.0 Å². The number of benzene rings is 2. The molecule has 1 atom stereocenters. The van der Waals surface area contributed by atoms with Crippen molar-refractivity contribution in [2.75, 3.05) is 0 Å². The number of nitrogens with one attached hydrogen (secondary N) is 1. The third kappa shape index (κ3) is 5.36. The Morgan fingerprint density at radius 2 is 1.71 bits per heavy atom. The Morgan fingerprint density at radius 3 is 2.25 bits per heavy atom. The molecule has 3 N–H and O–H groups in total. The maximum Gasteiger partial charge on any atom is 0.251 e. The van der Waals surface area contributed by atoms with Gasteiger partial charge in [0.05, 0.1) is 6.04 Å². The van der Waals surface area contributed by atoms with Crippen LogP contribution >= 0.6 is 12.4 Å². The summed E-state index contributed by atoms with van der Waals surface area (Å²) in [7, 11) is 0. The predicted molar refractivity (Wildman–Crippen MR) is 102 cm³/mol. The largest absolute Gasteiger partial charge is 0.345 e. The molecule has 2 aromatic carbocycles. The minimum atomic E-state index is -0.0394. The van der Waals surface area contributed by atoms with E-state index in [2.05, 4.69) is 38.2 Å². The Morgan fingerprint density at radius 1 is 1.08 bits per heavy atom. The summed E-state index contributed by atoms with van der Waals surface area (Å²) in [6, 6.07) is 15.7. The smallest absolute Gasteiger partial charge is 0.251 e. The van der Waals surface area contributed by atoms with Crippen molar-refractivity contribution in [2.24, 2.45) is 11.7 Å². The van der Waals surface area contributed by atoms with E-state index < -0.39 is 0 Å². The highest BCUT2D eigenvalue weighted by Crippen LogP contribution is 2.24. The average molecular weight is 347 g/mol. The Labute approximate surface area is 151 Å². The predicted octanol–water partition coefficient (Wildman–Crippen LogP) is 4.39. The first-order valence-corrected chi connectivity index (χ1v) is 8.16. The van der Waals surface area contributed by atoms with Gasteiger partial charge in [0, 0.05) is 12.1 Å². The fraction of sp³-hybridized carbons (Fsp3) is 0.350. The number of halogens is 1. The van der Waals surface area contributed by atoms with Crippen LogP contribution in [0.25, 0.3) is 0 Å². The molecule has 2 aromatic rings. The number of carbonyl (C=O) groups excluding carboxylic acids is 1. The van der Waals surface area contributed by atoms with Crippen molar-refractivity contribution in [1.29, 1.82) is 0 Å². The van der Waals surface area contributed by atoms with Crippen molar-refractivity contribution in [3.05, 3.63) is 70.8 Å². The second-order valence-electron chi connectivity index (χ2n) is 6.41. The zero-order valence-corrected chi connectivity index (χ0v) is 15.4. The van der Waals surface area contributed by atoms with Crippen molar-refractivity contribution in [1.82, 2.24) is 5.32 Å². The van der Waals surface area contributed by atoms with Crippen LogP contribution in [0.4, 0.5) is 0 Å². The van der Waals surface area contributed by atoms with Gasteiger partial charge in [-0.05, 0) is 48.1 Å². The second-order valence-corrected chi connectivity index (χ2v) is 6.41. The van der Waals surface area contributed by atoms with Crippen LogP contribution in [-0.4, -0.2) is 5.91 Å². The molecular weight excluding hydrogens is 320 g/mol. The van der Waals surface area contributed by atoms with Gasteiger partial charge >= 0.3 is 0 Å². The quantitative estimate of drug-likeness (QED) is 0.814. The molecule has 0 radical (unpaired) electrons. The Bertz CT molecular complexity index is 653. The van der Waals surface area contributed by atoms with E-state index in [1.807, 2.05) is 36.4 Å². The number of amides is 1. The first-order chi connectivity index (χ1) is 11.0. The van der Waals surface area contributed by atoms with Crippen LogP contribution in [0.15, 0.2) is 48.5 Å². The molecule has 4 heteroatoms. The number of aryl methyl sites for hydroxylation is 1.